The molecule has 1 aromatic carbocycles. The normalized spacial score (nSPS) is 10.5. The maximum Gasteiger partial charge on any atom is 0.194 e. The number of ketones is 1. The first-order chi connectivity index (χ1) is 7.57. The SMILES string of the molecule is CCCOCC(=O)c1c(F)ccc(Br)c1F. The van der Waals surface area contributed by atoms with Crippen LogP contribution in [0.15, 0.2) is 16.6 Å². The average molecular weight is 293 g/mol. The first kappa shape index (κ1) is 13.3. The second-order valence-electron chi connectivity index (χ2n) is 3.19. The minimum atomic E-state index is -0.884. The van der Waals surface area contributed by atoms with Crippen LogP contribution in [0.3, 0.4) is 0 Å². The van der Waals surface area contributed by atoms with Gasteiger partial charge in [0.05, 0.1) is 10.0 Å². The molecule has 1 aromatic rings. The molecule has 0 aromatic heterocycles. The summed E-state index contributed by atoms with van der Waals surface area (Å²) in [7, 11) is 0. The van der Waals surface area contributed by atoms with Crippen molar-refractivity contribution in [3.8, 4) is 0 Å². The van der Waals surface area contributed by atoms with E-state index in [2.05, 4.69) is 15.9 Å². The van der Waals surface area contributed by atoms with Crippen LogP contribution in [0.4, 0.5) is 8.78 Å². The zero-order chi connectivity index (χ0) is 12.1. The van der Waals surface area contributed by atoms with Gasteiger partial charge >= 0.3 is 0 Å². The molecule has 5 heteroatoms. The average Bonchev–Trinajstić information content (AvgIpc) is 2.24. The molecule has 1 rings (SSSR count). The molecule has 0 aliphatic rings. The molecule has 0 N–H and O–H groups in total. The summed E-state index contributed by atoms with van der Waals surface area (Å²) in [6.45, 7) is 1.96. The van der Waals surface area contributed by atoms with Crippen LogP contribution in [-0.2, 0) is 4.74 Å². The monoisotopic (exact) mass is 292 g/mol. The summed E-state index contributed by atoms with van der Waals surface area (Å²) < 4.78 is 31.7. The van der Waals surface area contributed by atoms with Crippen molar-refractivity contribution < 1.29 is 18.3 Å². The van der Waals surface area contributed by atoms with Crippen molar-refractivity contribution in [1.82, 2.24) is 0 Å². The lowest BCUT2D eigenvalue weighted by Gasteiger charge is -2.06. The molecule has 0 amide bonds. The van der Waals surface area contributed by atoms with E-state index in [4.69, 9.17) is 4.74 Å². The first-order valence-corrected chi connectivity index (χ1v) is 5.61. The van der Waals surface area contributed by atoms with Crippen molar-refractivity contribution in [2.45, 2.75) is 13.3 Å². The van der Waals surface area contributed by atoms with Crippen LogP contribution >= 0.6 is 15.9 Å². The van der Waals surface area contributed by atoms with Crippen LogP contribution in [0.2, 0.25) is 0 Å². The number of halogens is 3. The van der Waals surface area contributed by atoms with Gasteiger partial charge in [-0.25, -0.2) is 8.78 Å². The number of hydrogen-bond acceptors (Lipinski definition) is 2. The molecule has 16 heavy (non-hydrogen) atoms. The minimum absolute atomic E-state index is 0.0627. The molecule has 0 spiro atoms. The molecular formula is C11H11BrF2O2. The van der Waals surface area contributed by atoms with Crippen LogP contribution in [0.5, 0.6) is 0 Å². The summed E-state index contributed by atoms with van der Waals surface area (Å²) >= 11 is 2.90. The highest BCUT2D eigenvalue weighted by Crippen LogP contribution is 2.22. The van der Waals surface area contributed by atoms with Gasteiger partial charge in [-0.1, -0.05) is 6.92 Å². The molecule has 88 valence electrons. The Morgan fingerprint density at radius 3 is 2.75 bits per heavy atom. The van der Waals surface area contributed by atoms with Crippen molar-refractivity contribution in [3.05, 3.63) is 33.8 Å². The molecule has 0 fully saturated rings. The summed E-state index contributed by atoms with van der Waals surface area (Å²) in [5.74, 6) is -2.44. The van der Waals surface area contributed by atoms with Crippen molar-refractivity contribution >= 4 is 21.7 Å². The number of hydrogen-bond donors (Lipinski definition) is 0. The van der Waals surface area contributed by atoms with Crippen LogP contribution in [0.1, 0.15) is 23.7 Å². The molecule has 0 aliphatic carbocycles. The lowest BCUT2D eigenvalue weighted by atomic mass is 10.1. The van der Waals surface area contributed by atoms with Gasteiger partial charge < -0.3 is 4.74 Å². The number of ether oxygens (including phenoxy) is 1. The third-order valence-electron chi connectivity index (χ3n) is 1.90. The Hall–Kier alpha value is -0.810. The van der Waals surface area contributed by atoms with Gasteiger partial charge in [0.15, 0.2) is 11.6 Å². The lowest BCUT2D eigenvalue weighted by molar-refractivity contribution is 0.0753. The van der Waals surface area contributed by atoms with Gasteiger partial charge in [0.2, 0.25) is 0 Å². The van der Waals surface area contributed by atoms with Crippen molar-refractivity contribution in [3.63, 3.8) is 0 Å². The van der Waals surface area contributed by atoms with Crippen LogP contribution in [0.25, 0.3) is 0 Å². The summed E-state index contributed by atoms with van der Waals surface area (Å²) in [5.41, 5.74) is -0.550. The molecular weight excluding hydrogens is 282 g/mol. The number of carbonyl (C=O) groups is 1. The molecule has 0 unspecified atom stereocenters. The second-order valence-corrected chi connectivity index (χ2v) is 4.05. The molecule has 0 saturated carbocycles. The van der Waals surface area contributed by atoms with Crippen LogP contribution in [-0.4, -0.2) is 19.0 Å². The van der Waals surface area contributed by atoms with Crippen molar-refractivity contribution in [2.75, 3.05) is 13.2 Å². The smallest absolute Gasteiger partial charge is 0.194 e. The van der Waals surface area contributed by atoms with Gasteiger partial charge in [0.25, 0.3) is 0 Å². The van der Waals surface area contributed by atoms with E-state index in [-0.39, 0.29) is 11.1 Å². The fourth-order valence-electron chi connectivity index (χ4n) is 1.16. The molecule has 0 radical (unpaired) electrons. The maximum atomic E-state index is 13.5. The fourth-order valence-corrected chi connectivity index (χ4v) is 1.49. The second kappa shape index (κ2) is 6.06. The van der Waals surface area contributed by atoms with Gasteiger partial charge in [0.1, 0.15) is 12.4 Å². The molecule has 0 bridgehead atoms. The van der Waals surface area contributed by atoms with E-state index in [0.29, 0.717) is 6.61 Å². The standard InChI is InChI=1S/C11H11BrF2O2/c1-2-5-16-6-9(15)10-8(13)4-3-7(12)11(10)14/h3-4H,2,5-6H2,1H3. The topological polar surface area (TPSA) is 26.3 Å². The highest BCUT2D eigenvalue weighted by molar-refractivity contribution is 9.10. The van der Waals surface area contributed by atoms with E-state index >= 15 is 0 Å². The van der Waals surface area contributed by atoms with Gasteiger partial charge in [-0.05, 0) is 34.5 Å². The Bertz CT molecular complexity index is 394. The maximum absolute atomic E-state index is 13.5. The number of carbonyl (C=O) groups excluding carboxylic acids is 1. The third-order valence-corrected chi connectivity index (χ3v) is 2.52. The zero-order valence-electron chi connectivity index (χ0n) is 8.73. The van der Waals surface area contributed by atoms with E-state index in [1.165, 1.54) is 6.07 Å². The molecule has 0 saturated heterocycles. The van der Waals surface area contributed by atoms with Gasteiger partial charge in [0, 0.05) is 6.61 Å². The predicted molar refractivity (Wildman–Crippen MR) is 59.5 cm³/mol. The van der Waals surface area contributed by atoms with E-state index in [1.807, 2.05) is 6.92 Å². The zero-order valence-corrected chi connectivity index (χ0v) is 10.3. The fraction of sp³-hybridized carbons (Fsp3) is 0.364. The Morgan fingerprint density at radius 1 is 1.44 bits per heavy atom. The van der Waals surface area contributed by atoms with E-state index in [9.17, 15) is 13.6 Å². The van der Waals surface area contributed by atoms with Crippen molar-refractivity contribution in [1.29, 1.82) is 0 Å². The highest BCUT2D eigenvalue weighted by atomic mass is 79.9. The van der Waals surface area contributed by atoms with E-state index in [1.54, 1.807) is 0 Å². The molecule has 0 atom stereocenters. The predicted octanol–water partition coefficient (Wildman–Crippen LogP) is 3.34. The van der Waals surface area contributed by atoms with E-state index in [0.717, 1.165) is 12.5 Å². The number of rotatable bonds is 5. The first-order valence-electron chi connectivity index (χ1n) is 4.82. The van der Waals surface area contributed by atoms with Gasteiger partial charge in [-0.15, -0.1) is 0 Å². The lowest BCUT2D eigenvalue weighted by Crippen LogP contribution is -2.13. The minimum Gasteiger partial charge on any atom is -0.373 e. The highest BCUT2D eigenvalue weighted by Gasteiger charge is 2.19. The third kappa shape index (κ3) is 3.09. The molecule has 0 aliphatic heterocycles. The molecule has 0 heterocycles. The Balaban J connectivity index is 2.86. The molecule has 2 nitrogen and oxygen atoms in total. The Labute approximate surface area is 101 Å². The number of Topliss-reactive ketones (excluding diaryl/α,β-unsaturated/α-hetero) is 1. The summed E-state index contributed by atoms with van der Waals surface area (Å²) in [4.78, 5) is 11.5. The quantitative estimate of drug-likeness (QED) is 0.473. The summed E-state index contributed by atoms with van der Waals surface area (Å²) in [5, 5.41) is 0. The summed E-state index contributed by atoms with van der Waals surface area (Å²) in [6, 6.07) is 2.26. The van der Waals surface area contributed by atoms with Crippen LogP contribution in [0, 0.1) is 11.6 Å². The summed E-state index contributed by atoms with van der Waals surface area (Å²) in [6.07, 6.45) is 0.747. The largest absolute Gasteiger partial charge is 0.373 e. The number of benzene rings is 1. The van der Waals surface area contributed by atoms with Crippen molar-refractivity contribution in [2.24, 2.45) is 0 Å². The Kier molecular flexibility index (Phi) is 5.02. The Morgan fingerprint density at radius 2 is 2.12 bits per heavy atom. The van der Waals surface area contributed by atoms with E-state index < -0.39 is 23.0 Å². The van der Waals surface area contributed by atoms with Gasteiger partial charge in [-0.3, -0.25) is 4.79 Å². The van der Waals surface area contributed by atoms with Crippen LogP contribution < -0.4 is 0 Å². The van der Waals surface area contributed by atoms with Gasteiger partial charge in [-0.2, -0.15) is 0 Å².